The zero-order chi connectivity index (χ0) is 12.4. The Bertz CT molecular complexity index is 454. The number of rotatable bonds is 2. The lowest BCUT2D eigenvalue weighted by atomic mass is 10.1. The van der Waals surface area contributed by atoms with Crippen LogP contribution in [0, 0.1) is 6.92 Å². The van der Waals surface area contributed by atoms with E-state index in [0.717, 1.165) is 6.42 Å². The van der Waals surface area contributed by atoms with E-state index in [0.29, 0.717) is 24.3 Å². The van der Waals surface area contributed by atoms with Gasteiger partial charge in [0.25, 0.3) is 5.91 Å². The quantitative estimate of drug-likeness (QED) is 0.545. The van der Waals surface area contributed by atoms with Crippen molar-refractivity contribution in [3.05, 3.63) is 11.4 Å². The van der Waals surface area contributed by atoms with Crippen LogP contribution in [0.2, 0.25) is 0 Å². The lowest BCUT2D eigenvalue weighted by molar-refractivity contribution is -0.124. The van der Waals surface area contributed by atoms with E-state index in [1.807, 2.05) is 0 Å². The van der Waals surface area contributed by atoms with Gasteiger partial charge >= 0.3 is 0 Å². The number of aromatic nitrogens is 2. The summed E-state index contributed by atoms with van der Waals surface area (Å²) >= 11 is 0. The molecule has 92 valence electrons. The van der Waals surface area contributed by atoms with Crippen LogP contribution < -0.4 is 16.4 Å². The molecule has 1 aromatic heterocycles. The number of amides is 2. The molecule has 1 aliphatic heterocycles. The van der Waals surface area contributed by atoms with Gasteiger partial charge in [0.05, 0.1) is 11.4 Å². The third-order valence-electron chi connectivity index (χ3n) is 2.80. The fourth-order valence-electron chi connectivity index (χ4n) is 1.75. The van der Waals surface area contributed by atoms with Crippen LogP contribution in [0.1, 0.15) is 29.0 Å². The second-order valence-electron chi connectivity index (χ2n) is 4.07. The predicted octanol–water partition coefficient (Wildman–Crippen LogP) is -0.691. The summed E-state index contributed by atoms with van der Waals surface area (Å²) in [7, 11) is 0. The Morgan fingerprint density at radius 3 is 2.94 bits per heavy atom. The highest BCUT2D eigenvalue weighted by Gasteiger charge is 2.25. The highest BCUT2D eigenvalue weighted by molar-refractivity contribution is 6.00. The molecule has 7 heteroatoms. The van der Waals surface area contributed by atoms with Gasteiger partial charge in [0.1, 0.15) is 6.04 Å². The molecule has 5 N–H and O–H groups in total. The Hall–Kier alpha value is -2.05. The molecule has 1 aromatic rings. The van der Waals surface area contributed by atoms with Gasteiger partial charge < -0.3 is 16.4 Å². The van der Waals surface area contributed by atoms with Crippen LogP contribution in [0.5, 0.6) is 0 Å². The van der Waals surface area contributed by atoms with Gasteiger partial charge in [-0.15, -0.1) is 0 Å². The molecule has 17 heavy (non-hydrogen) atoms. The monoisotopic (exact) mass is 237 g/mol. The van der Waals surface area contributed by atoms with Crippen molar-refractivity contribution in [2.45, 2.75) is 25.8 Å². The molecule has 0 saturated carbocycles. The molecule has 1 atom stereocenters. The van der Waals surface area contributed by atoms with Crippen LogP contribution in [0.4, 0.5) is 5.69 Å². The molecule has 0 bridgehead atoms. The molecule has 2 rings (SSSR count). The minimum absolute atomic E-state index is 0.140. The largest absolute Gasteiger partial charge is 0.395 e. The van der Waals surface area contributed by atoms with Crippen LogP contribution in [-0.4, -0.2) is 34.6 Å². The first-order valence-corrected chi connectivity index (χ1v) is 5.48. The van der Waals surface area contributed by atoms with Crippen molar-refractivity contribution in [1.29, 1.82) is 0 Å². The SMILES string of the molecule is Cc1[nH]nc(C(=O)NC2CCCNC2=O)c1N. The van der Waals surface area contributed by atoms with Crippen LogP contribution >= 0.6 is 0 Å². The van der Waals surface area contributed by atoms with E-state index in [-0.39, 0.29) is 11.6 Å². The summed E-state index contributed by atoms with van der Waals surface area (Å²) in [4.78, 5) is 23.3. The second kappa shape index (κ2) is 4.44. The molecule has 1 fully saturated rings. The standard InChI is InChI=1S/C10H15N5O2/c1-5-7(11)8(15-14-5)10(17)13-6-3-2-4-12-9(6)16/h6H,2-4,11H2,1H3,(H,12,16)(H,13,17)(H,14,15). The summed E-state index contributed by atoms with van der Waals surface area (Å²) in [5, 5.41) is 11.8. The van der Waals surface area contributed by atoms with Gasteiger partial charge in [-0.1, -0.05) is 0 Å². The Morgan fingerprint density at radius 2 is 2.35 bits per heavy atom. The Labute approximate surface area is 98.1 Å². The average molecular weight is 237 g/mol. The predicted molar refractivity (Wildman–Crippen MR) is 61.2 cm³/mol. The molecular formula is C10H15N5O2. The van der Waals surface area contributed by atoms with E-state index in [2.05, 4.69) is 20.8 Å². The maximum absolute atomic E-state index is 11.8. The van der Waals surface area contributed by atoms with Gasteiger partial charge in [-0.2, -0.15) is 5.10 Å². The number of carbonyl (C=O) groups is 2. The number of nitrogens with one attached hydrogen (secondary N) is 3. The molecule has 0 aliphatic carbocycles. The fraction of sp³-hybridized carbons (Fsp3) is 0.500. The zero-order valence-electron chi connectivity index (χ0n) is 9.54. The van der Waals surface area contributed by atoms with Gasteiger partial charge in [0.2, 0.25) is 5.91 Å². The molecule has 0 radical (unpaired) electrons. The minimum atomic E-state index is -0.493. The first-order valence-electron chi connectivity index (χ1n) is 5.48. The molecule has 1 saturated heterocycles. The molecule has 1 unspecified atom stereocenters. The van der Waals surface area contributed by atoms with Crippen molar-refractivity contribution in [2.24, 2.45) is 0 Å². The number of anilines is 1. The van der Waals surface area contributed by atoms with Crippen molar-refractivity contribution in [3.63, 3.8) is 0 Å². The van der Waals surface area contributed by atoms with Crippen molar-refractivity contribution in [3.8, 4) is 0 Å². The van der Waals surface area contributed by atoms with Crippen molar-refractivity contribution in [1.82, 2.24) is 20.8 Å². The van der Waals surface area contributed by atoms with Gasteiger partial charge in [0.15, 0.2) is 5.69 Å². The molecule has 2 amide bonds. The lowest BCUT2D eigenvalue weighted by Gasteiger charge is -2.22. The van der Waals surface area contributed by atoms with E-state index in [4.69, 9.17) is 5.73 Å². The topological polar surface area (TPSA) is 113 Å². The highest BCUT2D eigenvalue weighted by Crippen LogP contribution is 2.13. The summed E-state index contributed by atoms with van der Waals surface area (Å²) in [5.41, 5.74) is 6.79. The van der Waals surface area contributed by atoms with Crippen LogP contribution in [0.3, 0.4) is 0 Å². The summed E-state index contributed by atoms with van der Waals surface area (Å²) < 4.78 is 0. The first kappa shape index (κ1) is 11.4. The zero-order valence-corrected chi connectivity index (χ0v) is 9.54. The maximum Gasteiger partial charge on any atom is 0.274 e. The third-order valence-corrected chi connectivity index (χ3v) is 2.80. The van der Waals surface area contributed by atoms with E-state index < -0.39 is 11.9 Å². The van der Waals surface area contributed by atoms with E-state index in [9.17, 15) is 9.59 Å². The van der Waals surface area contributed by atoms with Crippen molar-refractivity contribution < 1.29 is 9.59 Å². The molecule has 7 nitrogen and oxygen atoms in total. The van der Waals surface area contributed by atoms with Crippen molar-refractivity contribution in [2.75, 3.05) is 12.3 Å². The number of aryl methyl sites for hydroxylation is 1. The number of carbonyl (C=O) groups excluding carboxylic acids is 2. The lowest BCUT2D eigenvalue weighted by Crippen LogP contribution is -2.50. The van der Waals surface area contributed by atoms with Gasteiger partial charge in [-0.25, -0.2) is 0 Å². The number of aromatic amines is 1. The van der Waals surface area contributed by atoms with Crippen LogP contribution in [0.25, 0.3) is 0 Å². The summed E-state index contributed by atoms with van der Waals surface area (Å²) in [6, 6.07) is -0.493. The van der Waals surface area contributed by atoms with E-state index >= 15 is 0 Å². The molecular weight excluding hydrogens is 222 g/mol. The summed E-state index contributed by atoms with van der Waals surface area (Å²) in [6.45, 7) is 2.39. The minimum Gasteiger partial charge on any atom is -0.395 e. The van der Waals surface area contributed by atoms with Crippen LogP contribution in [0.15, 0.2) is 0 Å². The number of nitrogen functional groups attached to an aromatic ring is 1. The van der Waals surface area contributed by atoms with Crippen molar-refractivity contribution >= 4 is 17.5 Å². The molecule has 0 spiro atoms. The summed E-state index contributed by atoms with van der Waals surface area (Å²) in [6.07, 6.45) is 1.49. The number of piperidine rings is 1. The number of nitrogens with zero attached hydrogens (tertiary/aromatic N) is 1. The Morgan fingerprint density at radius 1 is 1.59 bits per heavy atom. The second-order valence-corrected chi connectivity index (χ2v) is 4.07. The smallest absolute Gasteiger partial charge is 0.274 e. The Kier molecular flexibility index (Phi) is 2.99. The van der Waals surface area contributed by atoms with E-state index in [1.165, 1.54) is 0 Å². The third kappa shape index (κ3) is 2.22. The number of hydrogen-bond acceptors (Lipinski definition) is 4. The molecule has 1 aliphatic rings. The first-order chi connectivity index (χ1) is 8.09. The summed E-state index contributed by atoms with van der Waals surface area (Å²) in [5.74, 6) is -0.579. The Balaban J connectivity index is 2.06. The normalized spacial score (nSPS) is 19.8. The van der Waals surface area contributed by atoms with Crippen LogP contribution in [-0.2, 0) is 4.79 Å². The fourth-order valence-corrected chi connectivity index (χ4v) is 1.75. The van der Waals surface area contributed by atoms with Gasteiger partial charge in [0, 0.05) is 6.54 Å². The number of nitrogens with two attached hydrogens (primary N) is 1. The highest BCUT2D eigenvalue weighted by atomic mass is 16.2. The number of hydrogen-bond donors (Lipinski definition) is 4. The van der Waals surface area contributed by atoms with Gasteiger partial charge in [-0.05, 0) is 19.8 Å². The maximum atomic E-state index is 11.8. The van der Waals surface area contributed by atoms with Gasteiger partial charge in [-0.3, -0.25) is 14.7 Å². The molecule has 2 heterocycles. The number of H-pyrrole nitrogens is 1. The van der Waals surface area contributed by atoms with E-state index in [1.54, 1.807) is 6.92 Å². The average Bonchev–Trinajstić information content (AvgIpc) is 2.63. The molecule has 0 aromatic carbocycles.